The molecule has 0 spiro atoms. The van der Waals surface area contributed by atoms with E-state index in [0.29, 0.717) is 29.4 Å². The van der Waals surface area contributed by atoms with Crippen LogP contribution in [0.3, 0.4) is 0 Å². The Kier molecular flexibility index (Phi) is 14.8. The zero-order valence-electron chi connectivity index (χ0n) is 38.6. The number of carbonyl (C=O) groups excluding carboxylic acids is 3. The van der Waals surface area contributed by atoms with E-state index in [1.807, 2.05) is 30.3 Å². The third-order valence-electron chi connectivity index (χ3n) is 13.3. The van der Waals surface area contributed by atoms with Crippen molar-refractivity contribution in [1.29, 1.82) is 0 Å². The Hall–Kier alpha value is -6.86. The summed E-state index contributed by atoms with van der Waals surface area (Å²) in [6, 6.07) is 14.5. The molecule has 2 aliphatic heterocycles. The van der Waals surface area contributed by atoms with Gasteiger partial charge < -0.3 is 34.9 Å². The van der Waals surface area contributed by atoms with E-state index in [1.54, 1.807) is 30.2 Å². The van der Waals surface area contributed by atoms with Crippen LogP contribution in [0.1, 0.15) is 109 Å². The minimum absolute atomic E-state index is 0.0115. The average Bonchev–Trinajstić information content (AvgIpc) is 4.19. The number of morpholine rings is 1. The number of pyridine rings is 2. The van der Waals surface area contributed by atoms with Crippen LogP contribution in [0.4, 0.5) is 26.0 Å². The number of aromatic nitrogens is 7. The summed E-state index contributed by atoms with van der Waals surface area (Å²) in [5, 5.41) is 17.7. The first kappa shape index (κ1) is 47.2. The number of alkyl halides is 2. The fourth-order valence-corrected chi connectivity index (χ4v) is 9.70. The summed E-state index contributed by atoms with van der Waals surface area (Å²) in [4.78, 5) is 62.7. The van der Waals surface area contributed by atoms with E-state index in [2.05, 4.69) is 42.1 Å². The quantitative estimate of drug-likeness (QED) is 0.0514. The van der Waals surface area contributed by atoms with Gasteiger partial charge in [-0.3, -0.25) is 28.8 Å². The summed E-state index contributed by atoms with van der Waals surface area (Å²) < 4.78 is 43.6. The highest BCUT2D eigenvalue weighted by Gasteiger charge is 2.40. The highest BCUT2D eigenvalue weighted by atomic mass is 19.3. The summed E-state index contributed by atoms with van der Waals surface area (Å²) in [5.41, 5.74) is 3.33. The third kappa shape index (κ3) is 11.4. The summed E-state index contributed by atoms with van der Waals surface area (Å²) in [6.45, 7) is 4.79. The minimum Gasteiger partial charge on any atom is -0.465 e. The maximum Gasteiger partial charge on any atom is 0.326 e. The van der Waals surface area contributed by atoms with Crippen LogP contribution in [0.25, 0.3) is 16.8 Å². The lowest BCUT2D eigenvalue weighted by Gasteiger charge is -2.29. The fraction of sp³-hybridized carbons (Fsp3) is 0.440. The monoisotopic (exact) mass is 945 g/mol. The second-order valence-electron chi connectivity index (χ2n) is 18.1. The number of esters is 1. The van der Waals surface area contributed by atoms with Crippen molar-refractivity contribution in [2.24, 2.45) is 5.92 Å². The van der Waals surface area contributed by atoms with Crippen molar-refractivity contribution in [1.82, 2.24) is 39.2 Å². The van der Waals surface area contributed by atoms with Gasteiger partial charge in [0.05, 0.1) is 49.0 Å². The molecule has 6 aromatic rings. The molecule has 1 aliphatic carbocycles. The van der Waals surface area contributed by atoms with Gasteiger partial charge in [0.2, 0.25) is 0 Å². The first-order valence-electron chi connectivity index (χ1n) is 23.9. The van der Waals surface area contributed by atoms with E-state index in [9.17, 15) is 28.0 Å². The summed E-state index contributed by atoms with van der Waals surface area (Å²) >= 11 is 0. The Balaban J connectivity index is 0.717. The molecule has 5 aromatic heterocycles. The number of aryl methyl sites for hydroxylation is 1. The summed E-state index contributed by atoms with van der Waals surface area (Å²) in [6.07, 6.45) is 16.1. The van der Waals surface area contributed by atoms with Gasteiger partial charge in [-0.1, -0.05) is 25.0 Å². The lowest BCUT2D eigenvalue weighted by atomic mass is 9.86. The van der Waals surface area contributed by atoms with Gasteiger partial charge in [-0.2, -0.15) is 10.2 Å². The summed E-state index contributed by atoms with van der Waals surface area (Å²) in [7, 11) is 0. The highest BCUT2D eigenvalue weighted by molar-refractivity contribution is 6.08. The molecule has 1 saturated carbocycles. The molecule has 3 N–H and O–H groups in total. The Morgan fingerprint density at radius 1 is 0.928 bits per heavy atom. The molecular formula is C50H57F2N11O6. The number of amides is 2. The molecule has 362 valence electrons. The van der Waals surface area contributed by atoms with Crippen LogP contribution in [0.15, 0.2) is 90.5 Å². The van der Waals surface area contributed by atoms with Crippen LogP contribution >= 0.6 is 0 Å². The Bertz CT molecular complexity index is 2820. The molecule has 0 radical (unpaired) electrons. The number of hydrogen-bond acceptors (Lipinski definition) is 12. The van der Waals surface area contributed by atoms with Crippen LogP contribution in [-0.2, 0) is 27.2 Å². The zero-order valence-corrected chi connectivity index (χ0v) is 38.6. The van der Waals surface area contributed by atoms with Crippen LogP contribution in [0, 0.1) is 5.92 Å². The van der Waals surface area contributed by atoms with E-state index < -0.39 is 24.0 Å². The number of ether oxygens (including phenoxy) is 2. The van der Waals surface area contributed by atoms with Crippen molar-refractivity contribution < 1.29 is 32.6 Å². The summed E-state index contributed by atoms with van der Waals surface area (Å²) in [5.74, 6) is -0.256. The van der Waals surface area contributed by atoms with Gasteiger partial charge in [0, 0.05) is 54.7 Å². The fourth-order valence-electron chi connectivity index (χ4n) is 9.70. The second-order valence-corrected chi connectivity index (χ2v) is 18.1. The standard InChI is InChI=1S/C50H57F2N11O6/c1-2-68-45(65)30-60-27-37(12-15-44(60)64)56-49(66)36-21-33(20-35(22-36)34-9-7-18-54-25-34)8-5-3-4-6-17-53-24-32-10-13-38(14-11-32)63-29-42(46(59-63)47(51)52)57-50(67)41-26-55-62-19-16-43(58-48(41)62)61-28-40-23-39(61)31-69-40/h7,9,12,15-16,18-22,25-27,29,32,38-40,47,53H,2-6,8,10-11,13-14,17,23-24,28,30-31H2,1H3,(H,56,66)(H,57,67)/t32?,38?,39-,40-/m1/s1. The van der Waals surface area contributed by atoms with Gasteiger partial charge in [0.15, 0.2) is 11.3 Å². The number of benzene rings is 1. The van der Waals surface area contributed by atoms with E-state index in [1.165, 1.54) is 39.8 Å². The van der Waals surface area contributed by atoms with Gasteiger partial charge in [0.1, 0.15) is 17.9 Å². The first-order chi connectivity index (χ1) is 33.6. The number of fused-ring (bicyclic) bond motifs is 3. The number of unbranched alkanes of at least 4 members (excludes halogenated alkanes) is 3. The van der Waals surface area contributed by atoms with Gasteiger partial charge in [-0.25, -0.2) is 18.3 Å². The van der Waals surface area contributed by atoms with Gasteiger partial charge in [-0.05, 0) is 119 Å². The Morgan fingerprint density at radius 3 is 2.55 bits per heavy atom. The Morgan fingerprint density at radius 2 is 1.78 bits per heavy atom. The van der Waals surface area contributed by atoms with Crippen molar-refractivity contribution in [3.8, 4) is 11.1 Å². The number of carbonyl (C=O) groups is 3. The van der Waals surface area contributed by atoms with Crippen molar-refractivity contribution in [2.75, 3.05) is 48.4 Å². The zero-order chi connectivity index (χ0) is 47.9. The molecule has 1 aromatic carbocycles. The lowest BCUT2D eigenvalue weighted by Crippen LogP contribution is -2.37. The van der Waals surface area contributed by atoms with E-state index in [0.717, 1.165) is 106 Å². The molecule has 69 heavy (non-hydrogen) atoms. The lowest BCUT2D eigenvalue weighted by molar-refractivity contribution is -0.143. The number of hydrogen-bond donors (Lipinski definition) is 3. The molecule has 3 fully saturated rings. The SMILES string of the molecule is CCOC(=O)Cn1cc(NC(=O)c2cc(CCCCCCNCC3CCC(n4cc(NC(=O)c5cnn6ccc(N7C[C@H]8C[C@@H]7CO8)nc56)c(C(F)F)n4)CC3)cc(-c3cccnc3)c2)ccc1=O. The Labute approximate surface area is 397 Å². The molecule has 9 rings (SSSR count). The smallest absolute Gasteiger partial charge is 0.326 e. The van der Waals surface area contributed by atoms with Gasteiger partial charge in [-0.15, -0.1) is 0 Å². The van der Waals surface area contributed by atoms with E-state index in [4.69, 9.17) is 14.5 Å². The average molecular weight is 946 g/mol. The minimum atomic E-state index is -2.86. The maximum absolute atomic E-state index is 14.3. The molecule has 2 amide bonds. The molecule has 2 saturated heterocycles. The molecule has 2 bridgehead atoms. The third-order valence-corrected chi connectivity index (χ3v) is 13.3. The van der Waals surface area contributed by atoms with Crippen molar-refractivity contribution >= 4 is 40.6 Å². The van der Waals surface area contributed by atoms with Crippen molar-refractivity contribution in [3.63, 3.8) is 0 Å². The molecule has 17 nitrogen and oxygen atoms in total. The van der Waals surface area contributed by atoms with E-state index in [-0.39, 0.29) is 54.1 Å². The molecule has 0 unspecified atom stereocenters. The van der Waals surface area contributed by atoms with Crippen LogP contribution in [0.2, 0.25) is 0 Å². The number of nitrogens with zero attached hydrogens (tertiary/aromatic N) is 8. The maximum atomic E-state index is 14.3. The number of rotatable bonds is 20. The van der Waals surface area contributed by atoms with Crippen molar-refractivity contribution in [2.45, 2.75) is 102 Å². The number of halogens is 2. The van der Waals surface area contributed by atoms with Gasteiger partial charge >= 0.3 is 5.97 Å². The van der Waals surface area contributed by atoms with Crippen LogP contribution < -0.4 is 26.4 Å². The largest absolute Gasteiger partial charge is 0.465 e. The van der Waals surface area contributed by atoms with E-state index >= 15 is 0 Å². The van der Waals surface area contributed by atoms with Gasteiger partial charge in [0.25, 0.3) is 23.8 Å². The molecule has 19 heteroatoms. The molecule has 7 heterocycles. The van der Waals surface area contributed by atoms with Crippen molar-refractivity contribution in [3.05, 3.63) is 118 Å². The molecular weight excluding hydrogens is 889 g/mol. The number of anilines is 3. The predicted octanol–water partition coefficient (Wildman–Crippen LogP) is 7.26. The normalized spacial score (nSPS) is 18.8. The second kappa shape index (κ2) is 21.6. The molecule has 2 atom stereocenters. The number of nitrogens with one attached hydrogen (secondary N) is 3. The predicted molar refractivity (Wildman–Crippen MR) is 255 cm³/mol. The first-order valence-corrected chi connectivity index (χ1v) is 23.9. The highest BCUT2D eigenvalue weighted by Crippen LogP contribution is 2.36. The molecule has 3 aliphatic rings. The topological polar surface area (TPSA) is 192 Å². The van der Waals surface area contributed by atoms with Crippen LogP contribution in [-0.4, -0.2) is 96.7 Å². The van der Waals surface area contributed by atoms with Crippen LogP contribution in [0.5, 0.6) is 0 Å².